The first-order valence-electron chi connectivity index (χ1n) is 9.00. The zero-order chi connectivity index (χ0) is 20.8. The number of nitrogens with zero attached hydrogens (tertiary/aromatic N) is 5. The van der Waals surface area contributed by atoms with Crippen molar-refractivity contribution >= 4 is 39.2 Å². The molecule has 0 bridgehead atoms. The van der Waals surface area contributed by atoms with E-state index >= 15 is 0 Å². The number of hydrogen-bond donors (Lipinski definition) is 3. The first-order valence-corrected chi connectivity index (χ1v) is 9.88. The van der Waals surface area contributed by atoms with Crippen LogP contribution in [0.4, 0.5) is 16.2 Å². The minimum Gasteiger partial charge on any atom is -0.368 e. The van der Waals surface area contributed by atoms with E-state index in [-0.39, 0.29) is 11.5 Å². The van der Waals surface area contributed by atoms with Gasteiger partial charge in [-0.3, -0.25) is 9.20 Å². The van der Waals surface area contributed by atoms with Gasteiger partial charge in [-0.05, 0) is 24.6 Å². The second-order valence-electron chi connectivity index (χ2n) is 6.64. The molecule has 0 fully saturated rings. The van der Waals surface area contributed by atoms with E-state index < -0.39 is 11.9 Å². The Morgan fingerprint density at radius 1 is 1.30 bits per heavy atom. The summed E-state index contributed by atoms with van der Waals surface area (Å²) in [5.41, 5.74) is 7.76. The van der Waals surface area contributed by atoms with E-state index in [1.54, 1.807) is 23.7 Å². The minimum absolute atomic E-state index is 0.0661. The lowest BCUT2D eigenvalue weighted by Gasteiger charge is -2.18. The van der Waals surface area contributed by atoms with Gasteiger partial charge in [-0.15, -0.1) is 11.3 Å². The number of H-pyrrole nitrogens is 1. The maximum absolute atomic E-state index is 13.9. The number of aromatic amines is 1. The molecule has 0 saturated carbocycles. The number of nitrogens with one attached hydrogen (secondary N) is 2. The fourth-order valence-corrected chi connectivity index (χ4v) is 4.07. The third-order valence-electron chi connectivity index (χ3n) is 4.67. The van der Waals surface area contributed by atoms with Gasteiger partial charge in [0.05, 0.1) is 23.6 Å². The largest absolute Gasteiger partial charge is 0.368 e. The molecular weight excluding hydrogens is 407 g/mol. The van der Waals surface area contributed by atoms with Crippen LogP contribution in [0.5, 0.6) is 0 Å². The summed E-state index contributed by atoms with van der Waals surface area (Å²) in [4.78, 5) is 33.8. The molecule has 1 atom stereocenters. The van der Waals surface area contributed by atoms with Crippen LogP contribution in [-0.2, 0) is 0 Å². The van der Waals surface area contributed by atoms with Gasteiger partial charge >= 0.3 is 0 Å². The molecule has 0 radical (unpaired) electrons. The summed E-state index contributed by atoms with van der Waals surface area (Å²) >= 11 is 1.34. The van der Waals surface area contributed by atoms with Crippen molar-refractivity contribution in [1.29, 1.82) is 0 Å². The molecule has 9 nitrogen and oxygen atoms in total. The highest BCUT2D eigenvalue weighted by Crippen LogP contribution is 2.29. The molecule has 11 heteroatoms. The van der Waals surface area contributed by atoms with Crippen molar-refractivity contribution in [3.05, 3.63) is 64.0 Å². The quantitative estimate of drug-likeness (QED) is 0.406. The lowest BCUT2D eigenvalue weighted by molar-refractivity contribution is 0.628. The van der Waals surface area contributed by atoms with Crippen molar-refractivity contribution in [2.24, 2.45) is 0 Å². The molecular formula is C19H15FN8OS. The van der Waals surface area contributed by atoms with Gasteiger partial charge in [-0.2, -0.15) is 9.97 Å². The van der Waals surface area contributed by atoms with Gasteiger partial charge in [0.25, 0.3) is 5.56 Å². The number of halogens is 1. The van der Waals surface area contributed by atoms with Crippen LogP contribution in [0.2, 0.25) is 0 Å². The fourth-order valence-electron chi connectivity index (χ4n) is 3.35. The highest BCUT2D eigenvalue weighted by atomic mass is 32.1. The molecule has 4 N–H and O–H groups in total. The van der Waals surface area contributed by atoms with E-state index in [4.69, 9.17) is 5.73 Å². The summed E-state index contributed by atoms with van der Waals surface area (Å²) in [5.74, 6) is 0.0638. The summed E-state index contributed by atoms with van der Waals surface area (Å²) in [6.07, 6.45) is 3.15. The molecule has 0 amide bonds. The number of rotatable bonds is 4. The first kappa shape index (κ1) is 18.2. The van der Waals surface area contributed by atoms with Crippen molar-refractivity contribution in [2.75, 3.05) is 11.1 Å². The van der Waals surface area contributed by atoms with E-state index in [9.17, 15) is 9.18 Å². The summed E-state index contributed by atoms with van der Waals surface area (Å²) in [6, 6.07) is 5.45. The van der Waals surface area contributed by atoms with Crippen LogP contribution in [0.15, 0.2) is 47.0 Å². The molecule has 0 aliphatic heterocycles. The fraction of sp³-hybridized carbons (Fsp3) is 0.105. The van der Waals surface area contributed by atoms with E-state index in [1.165, 1.54) is 34.2 Å². The molecule has 150 valence electrons. The van der Waals surface area contributed by atoms with Crippen molar-refractivity contribution in [3.63, 3.8) is 0 Å². The first-order chi connectivity index (χ1) is 14.5. The van der Waals surface area contributed by atoms with Crippen LogP contribution < -0.4 is 16.6 Å². The predicted octanol–water partition coefficient (Wildman–Crippen LogP) is 2.98. The molecule has 0 spiro atoms. The van der Waals surface area contributed by atoms with Crippen molar-refractivity contribution < 1.29 is 4.39 Å². The van der Waals surface area contributed by atoms with Crippen LogP contribution in [0.1, 0.15) is 18.7 Å². The molecule has 0 aliphatic rings. The van der Waals surface area contributed by atoms with Crippen molar-refractivity contribution in [3.8, 4) is 11.1 Å². The van der Waals surface area contributed by atoms with Gasteiger partial charge in [0.2, 0.25) is 5.95 Å². The average molecular weight is 422 g/mol. The van der Waals surface area contributed by atoms with Gasteiger partial charge in [-0.1, -0.05) is 12.1 Å². The number of aromatic nitrogens is 6. The third-order valence-corrected chi connectivity index (χ3v) is 5.43. The number of imidazole rings is 1. The Labute approximate surface area is 172 Å². The maximum Gasteiger partial charge on any atom is 0.266 e. The molecule has 1 aromatic carbocycles. The Morgan fingerprint density at radius 3 is 3.00 bits per heavy atom. The average Bonchev–Trinajstić information content (AvgIpc) is 3.37. The highest BCUT2D eigenvalue weighted by molar-refractivity contribution is 7.15. The number of benzene rings is 1. The van der Waals surface area contributed by atoms with Crippen LogP contribution in [0.25, 0.3) is 27.3 Å². The van der Waals surface area contributed by atoms with Crippen LogP contribution in [0, 0.1) is 5.82 Å². The van der Waals surface area contributed by atoms with Crippen LogP contribution in [-0.4, -0.2) is 29.3 Å². The Hall–Kier alpha value is -3.86. The van der Waals surface area contributed by atoms with Crippen molar-refractivity contribution in [1.82, 2.24) is 29.3 Å². The zero-order valence-electron chi connectivity index (χ0n) is 15.6. The Bertz CT molecular complexity index is 1460. The zero-order valence-corrected chi connectivity index (χ0v) is 16.4. The van der Waals surface area contributed by atoms with Crippen LogP contribution >= 0.6 is 11.3 Å². The number of hydrogen-bond acceptors (Lipinski definition) is 8. The summed E-state index contributed by atoms with van der Waals surface area (Å²) in [7, 11) is 0. The number of fused-ring (bicyclic) bond motifs is 2. The van der Waals surface area contributed by atoms with E-state index in [0.29, 0.717) is 38.8 Å². The van der Waals surface area contributed by atoms with Crippen LogP contribution in [0.3, 0.4) is 0 Å². The second-order valence-corrected chi connectivity index (χ2v) is 7.51. The smallest absolute Gasteiger partial charge is 0.266 e. The maximum atomic E-state index is 13.9. The monoisotopic (exact) mass is 422 g/mol. The third kappa shape index (κ3) is 2.95. The van der Waals surface area contributed by atoms with Gasteiger partial charge in [0.15, 0.2) is 16.4 Å². The number of nitrogens with two attached hydrogens (primary N) is 1. The highest BCUT2D eigenvalue weighted by Gasteiger charge is 2.22. The number of nitrogen functional groups attached to an aromatic ring is 1. The molecule has 5 rings (SSSR count). The Morgan fingerprint density at radius 2 is 2.17 bits per heavy atom. The summed E-state index contributed by atoms with van der Waals surface area (Å²) in [5, 5.41) is 5.01. The standard InChI is InChI=1S/C19H15FN8OS/c1-9(24-16-14-15(23-8-22-14)26-18(21)27-16)13-12(10-3-2-4-11(20)7-10)17(29)28-5-6-30-19(28)25-13/h2-9H,1H3,(H4,21,22,23,24,26,27). The number of anilines is 2. The lowest BCUT2D eigenvalue weighted by Crippen LogP contribution is -2.22. The SMILES string of the molecule is CC(Nc1nc(N)nc2nc[nH]c12)c1nc2sccn2c(=O)c1-c1cccc(F)c1. The molecule has 4 aromatic heterocycles. The van der Waals surface area contributed by atoms with Gasteiger partial charge < -0.3 is 16.0 Å². The topological polar surface area (TPSA) is 127 Å². The molecule has 0 aliphatic carbocycles. The van der Waals surface area contributed by atoms with Gasteiger partial charge in [0, 0.05) is 11.6 Å². The number of thiazole rings is 1. The molecule has 30 heavy (non-hydrogen) atoms. The Balaban J connectivity index is 1.68. The molecule has 0 saturated heterocycles. The lowest BCUT2D eigenvalue weighted by atomic mass is 10.0. The minimum atomic E-state index is -0.455. The summed E-state index contributed by atoms with van der Waals surface area (Å²) in [6.45, 7) is 1.84. The normalized spacial score (nSPS) is 12.5. The van der Waals surface area contributed by atoms with Gasteiger partial charge in [-0.25, -0.2) is 14.4 Å². The van der Waals surface area contributed by atoms with Crippen molar-refractivity contribution in [2.45, 2.75) is 13.0 Å². The van der Waals surface area contributed by atoms with E-state index in [1.807, 2.05) is 6.92 Å². The Kier molecular flexibility index (Phi) is 4.17. The van der Waals surface area contributed by atoms with E-state index in [0.717, 1.165) is 0 Å². The second kappa shape index (κ2) is 6.88. The molecule has 4 heterocycles. The molecule has 1 unspecified atom stereocenters. The predicted molar refractivity (Wildman–Crippen MR) is 113 cm³/mol. The van der Waals surface area contributed by atoms with E-state index in [2.05, 4.69) is 30.2 Å². The molecule has 5 aromatic rings. The summed E-state index contributed by atoms with van der Waals surface area (Å²) < 4.78 is 15.4. The van der Waals surface area contributed by atoms with Gasteiger partial charge in [0.1, 0.15) is 11.3 Å².